The molecule has 0 saturated heterocycles. The first-order valence-corrected chi connectivity index (χ1v) is 11.0. The van der Waals surface area contributed by atoms with Gasteiger partial charge >= 0.3 is 5.97 Å². The fraction of sp³-hybridized carbons (Fsp3) is 0.320. The Balaban J connectivity index is 1.35. The van der Waals surface area contributed by atoms with Crippen LogP contribution in [0.3, 0.4) is 0 Å². The maximum Gasteiger partial charge on any atom is 0.337 e. The van der Waals surface area contributed by atoms with Crippen LogP contribution in [-0.2, 0) is 24.1 Å². The van der Waals surface area contributed by atoms with Crippen LogP contribution < -0.4 is 0 Å². The molecule has 6 nitrogen and oxygen atoms in total. The normalized spacial score (nSPS) is 20.2. The van der Waals surface area contributed by atoms with Gasteiger partial charge in [-0.15, -0.1) is 0 Å². The van der Waals surface area contributed by atoms with Crippen LogP contribution in [0.25, 0.3) is 5.69 Å². The molecule has 3 aromatic rings. The van der Waals surface area contributed by atoms with Crippen LogP contribution in [-0.4, -0.2) is 40.2 Å². The van der Waals surface area contributed by atoms with Crippen molar-refractivity contribution in [2.24, 2.45) is 5.92 Å². The zero-order valence-electron chi connectivity index (χ0n) is 18.0. The average molecular weight is 449 g/mol. The van der Waals surface area contributed by atoms with Crippen molar-refractivity contribution in [1.29, 1.82) is 0 Å². The molecule has 1 aliphatic heterocycles. The van der Waals surface area contributed by atoms with E-state index in [1.165, 1.54) is 23.9 Å². The second-order valence-electron chi connectivity index (χ2n) is 8.98. The number of benzene rings is 2. The molecule has 1 fully saturated rings. The highest BCUT2D eigenvalue weighted by Crippen LogP contribution is 2.57. The van der Waals surface area contributed by atoms with Crippen molar-refractivity contribution in [2.45, 2.75) is 31.7 Å². The van der Waals surface area contributed by atoms with Gasteiger partial charge in [0.2, 0.25) is 0 Å². The van der Waals surface area contributed by atoms with Crippen molar-refractivity contribution in [3.8, 4) is 5.69 Å². The number of methoxy groups -OCH3 is 1. The second-order valence-corrected chi connectivity index (χ2v) is 8.98. The molecule has 1 amide bonds. The molecule has 0 spiro atoms. The summed E-state index contributed by atoms with van der Waals surface area (Å²) >= 11 is 0. The van der Waals surface area contributed by atoms with Crippen LogP contribution in [0.2, 0.25) is 0 Å². The van der Waals surface area contributed by atoms with E-state index in [4.69, 9.17) is 4.74 Å². The summed E-state index contributed by atoms with van der Waals surface area (Å²) in [4.78, 5) is 27.2. The molecule has 2 aromatic carbocycles. The Morgan fingerprint density at radius 2 is 1.97 bits per heavy atom. The lowest BCUT2D eigenvalue weighted by atomic mass is 9.97. The number of nitrogens with zero attached hydrogens (tertiary/aromatic N) is 3. The predicted octanol–water partition coefficient (Wildman–Crippen LogP) is 3.80. The summed E-state index contributed by atoms with van der Waals surface area (Å²) in [7, 11) is 1.34. The summed E-state index contributed by atoms with van der Waals surface area (Å²) in [6, 6.07) is 8.82. The summed E-state index contributed by atoms with van der Waals surface area (Å²) in [5.74, 6) is -1.25. The van der Waals surface area contributed by atoms with Crippen molar-refractivity contribution in [3.05, 3.63) is 81.7 Å². The number of hydrogen-bond donors (Lipinski definition) is 0. The topological polar surface area (TPSA) is 64.4 Å². The number of halogens is 2. The Morgan fingerprint density at radius 3 is 2.76 bits per heavy atom. The highest BCUT2D eigenvalue weighted by atomic mass is 19.1. The van der Waals surface area contributed by atoms with Gasteiger partial charge in [0.05, 0.1) is 18.4 Å². The van der Waals surface area contributed by atoms with Crippen LogP contribution in [0.1, 0.15) is 55.6 Å². The molecule has 1 aromatic heterocycles. The molecule has 1 saturated carbocycles. The van der Waals surface area contributed by atoms with Gasteiger partial charge in [-0.25, -0.2) is 18.3 Å². The number of carbonyl (C=O) groups excluding carboxylic acids is 2. The second kappa shape index (κ2) is 7.23. The number of ether oxygens (including phenoxy) is 1. The number of fused-ring (bicyclic) bond motifs is 4. The van der Waals surface area contributed by atoms with E-state index in [0.29, 0.717) is 36.7 Å². The predicted molar refractivity (Wildman–Crippen MR) is 114 cm³/mol. The van der Waals surface area contributed by atoms with E-state index in [0.717, 1.165) is 41.3 Å². The fourth-order valence-corrected chi connectivity index (χ4v) is 5.25. The monoisotopic (exact) mass is 449 g/mol. The Morgan fingerprint density at radius 1 is 1.12 bits per heavy atom. The van der Waals surface area contributed by atoms with Crippen molar-refractivity contribution < 1.29 is 23.1 Å². The Labute approximate surface area is 188 Å². The first-order chi connectivity index (χ1) is 15.9. The van der Waals surface area contributed by atoms with E-state index >= 15 is 0 Å². The summed E-state index contributed by atoms with van der Waals surface area (Å²) in [5.41, 5.74) is 4.69. The minimum Gasteiger partial charge on any atom is -0.465 e. The molecule has 0 N–H and O–H groups in total. The van der Waals surface area contributed by atoms with Gasteiger partial charge in [-0.05, 0) is 60.6 Å². The quantitative estimate of drug-likeness (QED) is 0.571. The summed E-state index contributed by atoms with van der Waals surface area (Å²) in [6.45, 7) is 0.890. The number of aromatic nitrogens is 2. The lowest BCUT2D eigenvalue weighted by molar-refractivity contribution is 0.0600. The summed E-state index contributed by atoms with van der Waals surface area (Å²) in [6.07, 6.45) is 2.42. The molecule has 2 heterocycles. The molecule has 2 atom stereocenters. The zero-order valence-corrected chi connectivity index (χ0v) is 18.0. The van der Waals surface area contributed by atoms with Gasteiger partial charge in [-0.3, -0.25) is 4.79 Å². The third-order valence-electron chi connectivity index (χ3n) is 7.03. The summed E-state index contributed by atoms with van der Waals surface area (Å²) < 4.78 is 34.3. The third kappa shape index (κ3) is 3.15. The number of carbonyl (C=O) groups is 2. The highest BCUT2D eigenvalue weighted by molar-refractivity contribution is 5.95. The van der Waals surface area contributed by atoms with E-state index < -0.39 is 17.6 Å². The molecule has 6 rings (SSSR count). The van der Waals surface area contributed by atoms with Crippen molar-refractivity contribution in [1.82, 2.24) is 14.7 Å². The molecule has 33 heavy (non-hydrogen) atoms. The smallest absolute Gasteiger partial charge is 0.337 e. The minimum atomic E-state index is -0.703. The van der Waals surface area contributed by atoms with E-state index in [-0.39, 0.29) is 17.5 Å². The maximum atomic E-state index is 14.6. The van der Waals surface area contributed by atoms with Gasteiger partial charge in [0, 0.05) is 30.6 Å². The maximum absolute atomic E-state index is 14.6. The van der Waals surface area contributed by atoms with Crippen molar-refractivity contribution in [2.75, 3.05) is 13.7 Å². The lowest BCUT2D eigenvalue weighted by Crippen LogP contribution is -2.36. The molecular formula is C25H21F2N3O3. The van der Waals surface area contributed by atoms with Gasteiger partial charge in [0.25, 0.3) is 5.91 Å². The Hall–Kier alpha value is -3.55. The first kappa shape index (κ1) is 20.1. The van der Waals surface area contributed by atoms with Crippen molar-refractivity contribution in [3.63, 3.8) is 0 Å². The van der Waals surface area contributed by atoms with E-state index in [9.17, 15) is 18.4 Å². The lowest BCUT2D eigenvalue weighted by Gasteiger charge is -2.29. The van der Waals surface area contributed by atoms with Crippen LogP contribution >= 0.6 is 0 Å². The van der Waals surface area contributed by atoms with Crippen molar-refractivity contribution >= 4 is 11.9 Å². The molecule has 8 heteroatoms. The molecule has 3 aliphatic rings. The zero-order chi connectivity index (χ0) is 22.9. The molecule has 0 unspecified atom stereocenters. The Bertz CT molecular complexity index is 1330. The minimum absolute atomic E-state index is 0.158. The first-order valence-electron chi connectivity index (χ1n) is 11.0. The number of esters is 1. The van der Waals surface area contributed by atoms with Crippen LogP contribution in [0.5, 0.6) is 0 Å². The molecule has 2 aliphatic carbocycles. The third-order valence-corrected chi connectivity index (χ3v) is 7.03. The van der Waals surface area contributed by atoms with E-state index in [1.54, 1.807) is 17.0 Å². The molecule has 0 radical (unpaired) electrons. The van der Waals surface area contributed by atoms with Gasteiger partial charge in [0.15, 0.2) is 11.5 Å². The number of hydrogen-bond acceptors (Lipinski definition) is 4. The number of amides is 1. The SMILES string of the molecule is COC(=O)c1ccc2c(c1)CN(C(=O)c1nn(-c3ccc(F)cc3F)c3c1C[C@H]1C[C@@H]31)CC2. The number of rotatable bonds is 3. The average Bonchev–Trinajstić information content (AvgIpc) is 3.33. The van der Waals surface area contributed by atoms with E-state index in [2.05, 4.69) is 5.10 Å². The largest absolute Gasteiger partial charge is 0.465 e. The van der Waals surface area contributed by atoms with Crippen LogP contribution in [0.15, 0.2) is 36.4 Å². The van der Waals surface area contributed by atoms with E-state index in [1.807, 2.05) is 6.07 Å². The fourth-order valence-electron chi connectivity index (χ4n) is 5.25. The molecule has 168 valence electrons. The van der Waals surface area contributed by atoms with Gasteiger partial charge < -0.3 is 9.64 Å². The molecule has 0 bridgehead atoms. The summed E-state index contributed by atoms with van der Waals surface area (Å²) in [5, 5.41) is 4.55. The van der Waals surface area contributed by atoms with Gasteiger partial charge in [0.1, 0.15) is 11.5 Å². The van der Waals surface area contributed by atoms with Gasteiger partial charge in [-0.1, -0.05) is 6.07 Å². The Kier molecular flexibility index (Phi) is 4.40. The molecular weight excluding hydrogens is 428 g/mol. The van der Waals surface area contributed by atoms with Gasteiger partial charge in [-0.2, -0.15) is 5.10 Å². The standard InChI is InChI=1S/C25H21F2N3O3/c1-33-25(32)14-3-2-13-6-7-29(12-16(13)8-14)24(31)22-19-10-15-9-18(15)23(19)30(28-22)21-5-4-17(26)11-20(21)27/h2-5,8,11,15,18H,6-7,9-10,12H2,1H3/t15-,18-/m1/s1. The highest BCUT2D eigenvalue weighted by Gasteiger charge is 2.50. The van der Waals surface area contributed by atoms with Crippen LogP contribution in [0.4, 0.5) is 8.78 Å². The van der Waals surface area contributed by atoms with Crippen LogP contribution in [0, 0.1) is 17.6 Å².